The molecule has 0 saturated heterocycles. The minimum atomic E-state index is -5.87. The SMILES string of the molecule is CC1(F)C(F)(F)C(F)(F)CC(F)(F)C1(F)F. The molecule has 0 aliphatic heterocycles. The maximum Gasteiger partial charge on any atom is 0.349 e. The second kappa shape index (κ2) is 2.79. The minimum Gasteiger partial charge on any atom is -0.230 e. The van der Waals surface area contributed by atoms with Crippen molar-refractivity contribution in [2.45, 2.75) is 42.7 Å². The summed E-state index contributed by atoms with van der Waals surface area (Å²) in [6.07, 6.45) is -3.10. The summed E-state index contributed by atoms with van der Waals surface area (Å²) in [7, 11) is 0. The van der Waals surface area contributed by atoms with Gasteiger partial charge in [-0.25, -0.2) is 4.39 Å². The van der Waals surface area contributed by atoms with Gasteiger partial charge in [-0.2, -0.15) is 35.1 Å². The summed E-state index contributed by atoms with van der Waals surface area (Å²) in [4.78, 5) is 0. The Balaban J connectivity index is 3.43. The Morgan fingerprint density at radius 2 is 0.875 bits per heavy atom. The van der Waals surface area contributed by atoms with Gasteiger partial charge >= 0.3 is 23.7 Å². The molecule has 1 fully saturated rings. The van der Waals surface area contributed by atoms with Gasteiger partial charge in [-0.15, -0.1) is 0 Å². The highest BCUT2D eigenvalue weighted by Crippen LogP contribution is 2.63. The molecular formula is C7H5F9. The first-order chi connectivity index (χ1) is 6.71. The number of rotatable bonds is 0. The van der Waals surface area contributed by atoms with Crippen LogP contribution in [0, 0.1) is 0 Å². The van der Waals surface area contributed by atoms with Crippen LogP contribution in [-0.2, 0) is 0 Å². The predicted molar refractivity (Wildman–Crippen MR) is 33.9 cm³/mol. The van der Waals surface area contributed by atoms with Crippen LogP contribution >= 0.6 is 0 Å². The van der Waals surface area contributed by atoms with E-state index in [4.69, 9.17) is 0 Å². The maximum atomic E-state index is 13.0. The molecule has 0 atom stereocenters. The van der Waals surface area contributed by atoms with Crippen molar-refractivity contribution in [1.82, 2.24) is 0 Å². The first-order valence-corrected chi connectivity index (χ1v) is 3.91. The second-order valence-electron chi connectivity index (χ2n) is 3.74. The van der Waals surface area contributed by atoms with Gasteiger partial charge in [0.1, 0.15) is 0 Å². The molecule has 0 aromatic carbocycles. The van der Waals surface area contributed by atoms with Crippen LogP contribution < -0.4 is 0 Å². The molecule has 0 aromatic heterocycles. The third-order valence-electron chi connectivity index (χ3n) is 2.54. The number of hydrogen-bond donors (Lipinski definition) is 0. The van der Waals surface area contributed by atoms with Crippen LogP contribution in [0.5, 0.6) is 0 Å². The van der Waals surface area contributed by atoms with Crippen molar-refractivity contribution in [3.63, 3.8) is 0 Å². The zero-order valence-corrected chi connectivity index (χ0v) is 7.61. The lowest BCUT2D eigenvalue weighted by Gasteiger charge is -2.47. The summed E-state index contributed by atoms with van der Waals surface area (Å²) < 4.78 is 114. The molecule has 1 aliphatic rings. The van der Waals surface area contributed by atoms with Gasteiger partial charge in [-0.05, 0) is 6.92 Å². The fraction of sp³-hybridized carbons (Fsp3) is 1.00. The molecule has 1 rings (SSSR count). The molecule has 1 aliphatic carbocycles. The van der Waals surface area contributed by atoms with Gasteiger partial charge in [0.2, 0.25) is 5.67 Å². The Kier molecular flexibility index (Phi) is 2.34. The van der Waals surface area contributed by atoms with Crippen LogP contribution in [0.4, 0.5) is 39.5 Å². The number of alkyl halides is 9. The van der Waals surface area contributed by atoms with E-state index in [1.165, 1.54) is 0 Å². The van der Waals surface area contributed by atoms with Gasteiger partial charge in [0.25, 0.3) is 0 Å². The zero-order valence-electron chi connectivity index (χ0n) is 7.61. The Morgan fingerprint density at radius 3 is 1.12 bits per heavy atom. The molecule has 0 spiro atoms. The van der Waals surface area contributed by atoms with E-state index in [2.05, 4.69) is 0 Å². The molecule has 0 N–H and O–H groups in total. The second-order valence-corrected chi connectivity index (χ2v) is 3.74. The van der Waals surface area contributed by atoms with Crippen molar-refractivity contribution in [2.75, 3.05) is 0 Å². The molecule has 9 heteroatoms. The fourth-order valence-corrected chi connectivity index (χ4v) is 1.38. The van der Waals surface area contributed by atoms with Gasteiger partial charge in [0, 0.05) is 0 Å². The van der Waals surface area contributed by atoms with Crippen molar-refractivity contribution in [3.05, 3.63) is 0 Å². The summed E-state index contributed by atoms with van der Waals surface area (Å²) in [5.74, 6) is -22.8. The molecular weight excluding hydrogens is 255 g/mol. The lowest BCUT2D eigenvalue weighted by molar-refractivity contribution is -0.406. The van der Waals surface area contributed by atoms with E-state index in [9.17, 15) is 39.5 Å². The Hall–Kier alpha value is -0.630. The number of halogens is 9. The van der Waals surface area contributed by atoms with Crippen LogP contribution in [0.3, 0.4) is 0 Å². The summed E-state index contributed by atoms with van der Waals surface area (Å²) in [5.41, 5.74) is -5.33. The maximum absolute atomic E-state index is 13.0. The Labute approximate surface area is 83.4 Å². The van der Waals surface area contributed by atoms with E-state index in [1.54, 1.807) is 0 Å². The van der Waals surface area contributed by atoms with Crippen LogP contribution in [0.25, 0.3) is 0 Å². The average Bonchev–Trinajstić information content (AvgIpc) is 1.98. The highest BCUT2D eigenvalue weighted by Gasteiger charge is 2.88. The van der Waals surface area contributed by atoms with Crippen LogP contribution in [-0.4, -0.2) is 29.4 Å². The number of hydrogen-bond acceptors (Lipinski definition) is 0. The molecule has 0 nitrogen and oxygen atoms in total. The van der Waals surface area contributed by atoms with Crippen LogP contribution in [0.2, 0.25) is 0 Å². The topological polar surface area (TPSA) is 0 Å². The molecule has 0 amide bonds. The van der Waals surface area contributed by atoms with Gasteiger partial charge in [0.15, 0.2) is 0 Å². The first kappa shape index (κ1) is 13.4. The lowest BCUT2D eigenvalue weighted by Crippen LogP contribution is -2.74. The van der Waals surface area contributed by atoms with Crippen molar-refractivity contribution < 1.29 is 39.5 Å². The fourth-order valence-electron chi connectivity index (χ4n) is 1.38. The molecule has 0 radical (unpaired) electrons. The molecule has 0 aromatic rings. The molecule has 16 heavy (non-hydrogen) atoms. The smallest absolute Gasteiger partial charge is 0.230 e. The molecule has 0 unspecified atom stereocenters. The standard InChI is InChI=1S/C7H5F9/c1-3(8)6(13,14)4(9,10)2-5(11,12)7(3,15)16/h2H2,1H3. The predicted octanol–water partition coefficient (Wildman–Crippen LogP) is 3.66. The highest BCUT2D eigenvalue weighted by atomic mass is 19.3. The van der Waals surface area contributed by atoms with Crippen molar-refractivity contribution in [1.29, 1.82) is 0 Å². The van der Waals surface area contributed by atoms with E-state index >= 15 is 0 Å². The molecule has 0 bridgehead atoms. The average molecular weight is 260 g/mol. The summed E-state index contributed by atoms with van der Waals surface area (Å²) in [5, 5.41) is 0. The monoisotopic (exact) mass is 260 g/mol. The normalized spacial score (nSPS) is 33.4. The van der Waals surface area contributed by atoms with E-state index in [1.807, 2.05) is 0 Å². The van der Waals surface area contributed by atoms with E-state index in [0.717, 1.165) is 0 Å². The highest BCUT2D eigenvalue weighted by molar-refractivity contribution is 5.17. The third-order valence-corrected chi connectivity index (χ3v) is 2.54. The minimum absolute atomic E-state index is 0.659. The summed E-state index contributed by atoms with van der Waals surface area (Å²) >= 11 is 0. The van der Waals surface area contributed by atoms with Crippen LogP contribution in [0.15, 0.2) is 0 Å². The van der Waals surface area contributed by atoms with Crippen molar-refractivity contribution in [2.24, 2.45) is 0 Å². The largest absolute Gasteiger partial charge is 0.349 e. The molecule has 1 saturated carbocycles. The van der Waals surface area contributed by atoms with Gasteiger partial charge in [-0.1, -0.05) is 0 Å². The van der Waals surface area contributed by atoms with Gasteiger partial charge < -0.3 is 0 Å². The Bertz CT molecular complexity index is 275. The van der Waals surface area contributed by atoms with Gasteiger partial charge in [0.05, 0.1) is 6.42 Å². The quantitative estimate of drug-likeness (QED) is 0.583. The summed E-state index contributed by atoms with van der Waals surface area (Å²) in [6.45, 7) is -0.659. The molecule has 0 heterocycles. The third kappa shape index (κ3) is 1.20. The molecule has 96 valence electrons. The van der Waals surface area contributed by atoms with E-state index in [-0.39, 0.29) is 0 Å². The van der Waals surface area contributed by atoms with Crippen molar-refractivity contribution in [3.8, 4) is 0 Å². The van der Waals surface area contributed by atoms with E-state index in [0.29, 0.717) is 0 Å². The zero-order chi connectivity index (χ0) is 13.2. The summed E-state index contributed by atoms with van der Waals surface area (Å²) in [6, 6.07) is 0. The lowest BCUT2D eigenvalue weighted by atomic mass is 9.76. The first-order valence-electron chi connectivity index (χ1n) is 3.91. The van der Waals surface area contributed by atoms with Crippen molar-refractivity contribution >= 4 is 0 Å². The Morgan fingerprint density at radius 1 is 0.625 bits per heavy atom. The van der Waals surface area contributed by atoms with Crippen LogP contribution in [0.1, 0.15) is 13.3 Å². The van der Waals surface area contributed by atoms with Gasteiger partial charge in [-0.3, -0.25) is 0 Å². The van der Waals surface area contributed by atoms with E-state index < -0.39 is 42.7 Å².